The Morgan fingerprint density at radius 1 is 1.20 bits per heavy atom. The van der Waals surface area contributed by atoms with Crippen molar-refractivity contribution in [1.82, 2.24) is 0 Å². The van der Waals surface area contributed by atoms with Crippen molar-refractivity contribution in [3.05, 3.63) is 80.1 Å². The van der Waals surface area contributed by atoms with Crippen LogP contribution in [0.25, 0.3) is 17.0 Å². The van der Waals surface area contributed by atoms with Gasteiger partial charge in [-0.3, -0.25) is 0 Å². The summed E-state index contributed by atoms with van der Waals surface area (Å²) in [5, 5.41) is 9.69. The largest absolute Gasteiger partial charge is 0.462 e. The molecule has 3 rings (SSSR count). The number of hydrogen-bond donors (Lipinski definition) is 0. The normalized spacial score (nSPS) is 11.0. The molecule has 30 heavy (non-hydrogen) atoms. The summed E-state index contributed by atoms with van der Waals surface area (Å²) in [5.74, 6) is -1.51. The van der Waals surface area contributed by atoms with Crippen LogP contribution >= 0.6 is 15.9 Å². The summed E-state index contributed by atoms with van der Waals surface area (Å²) < 4.78 is 16.0. The maximum Gasteiger partial charge on any atom is 0.351 e. The molecule has 0 saturated heterocycles. The van der Waals surface area contributed by atoms with Crippen molar-refractivity contribution in [1.29, 1.82) is 5.26 Å². The summed E-state index contributed by atoms with van der Waals surface area (Å²) in [6.45, 7) is 1.77. The van der Waals surface area contributed by atoms with E-state index in [2.05, 4.69) is 15.9 Å². The number of esters is 2. The van der Waals surface area contributed by atoms with Gasteiger partial charge in [-0.15, -0.1) is 0 Å². The van der Waals surface area contributed by atoms with Crippen LogP contribution in [0.4, 0.5) is 0 Å². The molecule has 0 unspecified atom stereocenters. The van der Waals surface area contributed by atoms with E-state index < -0.39 is 17.6 Å². The molecule has 2 aromatic carbocycles. The average Bonchev–Trinajstić information content (AvgIpc) is 2.72. The van der Waals surface area contributed by atoms with Gasteiger partial charge in [-0.25, -0.2) is 14.4 Å². The number of carbonyl (C=O) groups is 2. The lowest BCUT2D eigenvalue weighted by atomic mass is 10.1. The second kappa shape index (κ2) is 9.20. The molecular formula is C22H14BrNO6. The third-order valence-corrected chi connectivity index (χ3v) is 4.40. The standard InChI is InChI=1S/C22H14BrNO6/c1-2-28-20(25)15(12-24)8-13-4-3-5-17(9-13)29-21(26)18-11-14-10-16(23)6-7-19(14)30-22(18)27/h3-11H,2H2,1H3/b15-8+. The number of ether oxygens (including phenoxy) is 2. The summed E-state index contributed by atoms with van der Waals surface area (Å²) in [4.78, 5) is 36.4. The molecule has 0 amide bonds. The first kappa shape index (κ1) is 21.0. The number of fused-ring (bicyclic) bond motifs is 1. The molecule has 8 heteroatoms. The molecule has 0 bridgehead atoms. The first-order valence-electron chi connectivity index (χ1n) is 8.76. The van der Waals surface area contributed by atoms with Gasteiger partial charge in [0.1, 0.15) is 28.5 Å². The van der Waals surface area contributed by atoms with E-state index in [0.29, 0.717) is 16.5 Å². The molecule has 1 aromatic heterocycles. The maximum absolute atomic E-state index is 12.5. The molecule has 7 nitrogen and oxygen atoms in total. The van der Waals surface area contributed by atoms with Gasteiger partial charge < -0.3 is 13.9 Å². The Morgan fingerprint density at radius 2 is 2.00 bits per heavy atom. The predicted octanol–water partition coefficient (Wildman–Crippen LogP) is 4.24. The smallest absolute Gasteiger partial charge is 0.351 e. The third-order valence-electron chi connectivity index (χ3n) is 3.91. The molecule has 0 atom stereocenters. The van der Waals surface area contributed by atoms with Crippen molar-refractivity contribution >= 4 is 44.9 Å². The summed E-state index contributed by atoms with van der Waals surface area (Å²) >= 11 is 3.32. The highest BCUT2D eigenvalue weighted by Crippen LogP contribution is 2.21. The van der Waals surface area contributed by atoms with Crippen molar-refractivity contribution in [2.75, 3.05) is 6.61 Å². The lowest BCUT2D eigenvalue weighted by molar-refractivity contribution is -0.137. The van der Waals surface area contributed by atoms with Gasteiger partial charge >= 0.3 is 17.6 Å². The Kier molecular flexibility index (Phi) is 6.45. The van der Waals surface area contributed by atoms with Gasteiger partial charge in [0.25, 0.3) is 0 Å². The van der Waals surface area contributed by atoms with E-state index >= 15 is 0 Å². The second-order valence-corrected chi connectivity index (χ2v) is 6.90. The Labute approximate surface area is 179 Å². The highest BCUT2D eigenvalue weighted by atomic mass is 79.9. The minimum absolute atomic E-state index is 0.128. The summed E-state index contributed by atoms with van der Waals surface area (Å²) in [6.07, 6.45) is 1.32. The maximum atomic E-state index is 12.5. The average molecular weight is 468 g/mol. The highest BCUT2D eigenvalue weighted by Gasteiger charge is 2.17. The monoisotopic (exact) mass is 467 g/mol. The number of halogens is 1. The predicted molar refractivity (Wildman–Crippen MR) is 112 cm³/mol. The first-order valence-corrected chi connectivity index (χ1v) is 9.55. The van der Waals surface area contributed by atoms with Gasteiger partial charge in [-0.05, 0) is 55.0 Å². The van der Waals surface area contributed by atoms with Gasteiger partial charge in [-0.2, -0.15) is 5.26 Å². The minimum atomic E-state index is -0.891. The van der Waals surface area contributed by atoms with Crippen molar-refractivity contribution in [3.8, 4) is 11.8 Å². The Hall–Kier alpha value is -3.70. The van der Waals surface area contributed by atoms with Gasteiger partial charge in [0.05, 0.1) is 6.61 Å². The molecule has 3 aromatic rings. The summed E-state index contributed by atoms with van der Waals surface area (Å²) in [7, 11) is 0. The Bertz CT molecular complexity index is 1270. The quantitative estimate of drug-likeness (QED) is 0.181. The molecule has 150 valence electrons. The van der Waals surface area contributed by atoms with Crippen LogP contribution in [0.1, 0.15) is 22.8 Å². The van der Waals surface area contributed by atoms with Crippen LogP contribution in [0, 0.1) is 11.3 Å². The van der Waals surface area contributed by atoms with E-state index in [4.69, 9.17) is 19.2 Å². The molecule has 0 saturated carbocycles. The topological polar surface area (TPSA) is 107 Å². The molecule has 0 fully saturated rings. The zero-order valence-electron chi connectivity index (χ0n) is 15.7. The van der Waals surface area contributed by atoms with Crippen LogP contribution in [-0.4, -0.2) is 18.5 Å². The number of nitriles is 1. The van der Waals surface area contributed by atoms with E-state index in [0.717, 1.165) is 4.47 Å². The van der Waals surface area contributed by atoms with Crippen LogP contribution in [-0.2, 0) is 9.53 Å². The zero-order valence-corrected chi connectivity index (χ0v) is 17.3. The van der Waals surface area contributed by atoms with E-state index in [1.165, 1.54) is 24.3 Å². The van der Waals surface area contributed by atoms with Gasteiger partial charge in [0, 0.05) is 9.86 Å². The molecule has 0 aliphatic carbocycles. The van der Waals surface area contributed by atoms with E-state index in [1.54, 1.807) is 43.3 Å². The van der Waals surface area contributed by atoms with Gasteiger partial charge in [0.15, 0.2) is 0 Å². The summed E-state index contributed by atoms with van der Waals surface area (Å²) in [5.41, 5.74) is -0.485. The van der Waals surface area contributed by atoms with E-state index in [1.807, 2.05) is 0 Å². The Morgan fingerprint density at radius 3 is 2.73 bits per heavy atom. The molecule has 0 spiro atoms. The van der Waals surface area contributed by atoms with Crippen molar-refractivity contribution in [2.24, 2.45) is 0 Å². The summed E-state index contributed by atoms with van der Waals surface area (Å²) in [6, 6.07) is 14.4. The SMILES string of the molecule is CCOC(=O)/C(C#N)=C/c1cccc(OC(=O)c2cc3cc(Br)ccc3oc2=O)c1. The van der Waals surface area contributed by atoms with E-state index in [9.17, 15) is 14.4 Å². The van der Waals surface area contributed by atoms with Gasteiger partial charge in [-0.1, -0.05) is 28.1 Å². The van der Waals surface area contributed by atoms with Crippen molar-refractivity contribution in [3.63, 3.8) is 0 Å². The number of benzene rings is 2. The number of carbonyl (C=O) groups excluding carboxylic acids is 2. The number of rotatable bonds is 5. The molecular weight excluding hydrogens is 454 g/mol. The van der Waals surface area contributed by atoms with Crippen LogP contribution < -0.4 is 10.4 Å². The van der Waals surface area contributed by atoms with Crippen LogP contribution in [0.3, 0.4) is 0 Å². The van der Waals surface area contributed by atoms with E-state index in [-0.39, 0.29) is 23.5 Å². The second-order valence-electron chi connectivity index (χ2n) is 5.98. The zero-order chi connectivity index (χ0) is 21.7. The van der Waals surface area contributed by atoms with Gasteiger partial charge in [0.2, 0.25) is 0 Å². The van der Waals surface area contributed by atoms with Crippen molar-refractivity contribution < 1.29 is 23.5 Å². The molecule has 1 heterocycles. The molecule has 0 aliphatic rings. The van der Waals surface area contributed by atoms with Crippen LogP contribution in [0.2, 0.25) is 0 Å². The van der Waals surface area contributed by atoms with Crippen LogP contribution in [0.15, 0.2) is 67.8 Å². The number of hydrogen-bond acceptors (Lipinski definition) is 7. The van der Waals surface area contributed by atoms with Crippen molar-refractivity contribution in [2.45, 2.75) is 6.92 Å². The Balaban J connectivity index is 1.88. The third kappa shape index (κ3) is 4.82. The highest BCUT2D eigenvalue weighted by molar-refractivity contribution is 9.10. The lowest BCUT2D eigenvalue weighted by Crippen LogP contribution is -2.18. The first-order chi connectivity index (χ1) is 14.4. The number of nitrogens with zero attached hydrogens (tertiary/aromatic N) is 1. The molecule has 0 radical (unpaired) electrons. The molecule has 0 N–H and O–H groups in total. The van der Waals surface area contributed by atoms with Crippen LogP contribution in [0.5, 0.6) is 5.75 Å². The lowest BCUT2D eigenvalue weighted by Gasteiger charge is -2.06. The minimum Gasteiger partial charge on any atom is -0.462 e. The fourth-order valence-corrected chi connectivity index (χ4v) is 2.96. The molecule has 0 aliphatic heterocycles. The fourth-order valence-electron chi connectivity index (χ4n) is 2.58. The fraction of sp³-hybridized carbons (Fsp3) is 0.0909.